The third-order valence-electron chi connectivity index (χ3n) is 8.44. The lowest BCUT2D eigenvalue weighted by Gasteiger charge is -2.19. The lowest BCUT2D eigenvalue weighted by Crippen LogP contribution is -2.45. The van der Waals surface area contributed by atoms with E-state index in [1.165, 1.54) is 141 Å². The van der Waals surface area contributed by atoms with Gasteiger partial charge in [0.1, 0.15) is 0 Å². The van der Waals surface area contributed by atoms with Gasteiger partial charge < -0.3 is 15.5 Å². The van der Waals surface area contributed by atoms with E-state index in [1.54, 1.807) is 6.08 Å². The first kappa shape index (κ1) is 40.9. The molecule has 0 rings (SSSR count). The first-order valence-electron chi connectivity index (χ1n) is 18.6. The molecule has 0 radical (unpaired) electrons. The van der Waals surface area contributed by atoms with Crippen LogP contribution in [0, 0.1) is 0 Å². The standard InChI is InChI=1S/C38H73NO3/c1-3-5-7-9-11-13-14-15-16-17-18-19-20-21-22-23-24-26-28-30-32-34-38(42)39-36(35-40)37(41)33-31-29-27-25-12-10-8-6-4-2/h12,25,31,33,36-37,40-41H,3-11,13-24,26-30,32,34-35H2,1-2H3,(H,39,42)/b25-12+,33-31+. The molecule has 2 atom stereocenters. The second kappa shape index (κ2) is 34.4. The van der Waals surface area contributed by atoms with Crippen LogP contribution in [0.5, 0.6) is 0 Å². The first-order chi connectivity index (χ1) is 20.7. The maximum atomic E-state index is 12.3. The summed E-state index contributed by atoms with van der Waals surface area (Å²) in [4.78, 5) is 12.3. The molecular weight excluding hydrogens is 518 g/mol. The average Bonchev–Trinajstić information content (AvgIpc) is 2.99. The Labute approximate surface area is 262 Å². The van der Waals surface area contributed by atoms with Gasteiger partial charge in [0, 0.05) is 6.42 Å². The number of aliphatic hydroxyl groups excluding tert-OH is 2. The van der Waals surface area contributed by atoms with E-state index < -0.39 is 12.1 Å². The zero-order valence-corrected chi connectivity index (χ0v) is 28.3. The molecule has 4 heteroatoms. The highest BCUT2D eigenvalue weighted by atomic mass is 16.3. The summed E-state index contributed by atoms with van der Waals surface area (Å²) in [6.45, 7) is 4.25. The molecule has 0 bridgehead atoms. The van der Waals surface area contributed by atoms with Crippen LogP contribution in [0.2, 0.25) is 0 Å². The summed E-state index contributed by atoms with van der Waals surface area (Å²) in [6.07, 6.45) is 42.8. The van der Waals surface area contributed by atoms with Gasteiger partial charge in [-0.3, -0.25) is 4.79 Å². The number of hydrogen-bond acceptors (Lipinski definition) is 3. The van der Waals surface area contributed by atoms with Crippen LogP contribution in [0.15, 0.2) is 24.3 Å². The Morgan fingerprint density at radius 3 is 1.38 bits per heavy atom. The van der Waals surface area contributed by atoms with Gasteiger partial charge in [-0.25, -0.2) is 0 Å². The normalized spacial score (nSPS) is 13.3. The number of carbonyl (C=O) groups excluding carboxylic acids is 1. The van der Waals surface area contributed by atoms with Crippen molar-refractivity contribution in [2.24, 2.45) is 0 Å². The molecular formula is C38H73NO3. The smallest absolute Gasteiger partial charge is 0.220 e. The van der Waals surface area contributed by atoms with Crippen molar-refractivity contribution in [3.63, 3.8) is 0 Å². The van der Waals surface area contributed by atoms with Crippen molar-refractivity contribution in [1.29, 1.82) is 0 Å². The van der Waals surface area contributed by atoms with Crippen molar-refractivity contribution >= 4 is 5.91 Å². The van der Waals surface area contributed by atoms with E-state index in [0.717, 1.165) is 32.1 Å². The van der Waals surface area contributed by atoms with Crippen molar-refractivity contribution in [2.75, 3.05) is 6.61 Å². The monoisotopic (exact) mass is 592 g/mol. The van der Waals surface area contributed by atoms with Gasteiger partial charge in [0.15, 0.2) is 0 Å². The molecule has 248 valence electrons. The Morgan fingerprint density at radius 1 is 0.548 bits per heavy atom. The molecule has 4 nitrogen and oxygen atoms in total. The fraction of sp³-hybridized carbons (Fsp3) is 0.868. The number of carbonyl (C=O) groups is 1. The van der Waals surface area contributed by atoms with Gasteiger partial charge in [-0.15, -0.1) is 0 Å². The van der Waals surface area contributed by atoms with Crippen LogP contribution < -0.4 is 5.32 Å². The van der Waals surface area contributed by atoms with Crippen molar-refractivity contribution in [2.45, 2.75) is 206 Å². The summed E-state index contributed by atoms with van der Waals surface area (Å²) in [7, 11) is 0. The molecule has 0 aliphatic carbocycles. The highest BCUT2D eigenvalue weighted by Crippen LogP contribution is 2.15. The predicted octanol–water partition coefficient (Wildman–Crippen LogP) is 10.9. The second-order valence-corrected chi connectivity index (χ2v) is 12.6. The summed E-state index contributed by atoms with van der Waals surface area (Å²) in [5, 5.41) is 22.7. The van der Waals surface area contributed by atoms with Crippen LogP contribution in [0.25, 0.3) is 0 Å². The minimum atomic E-state index is -0.854. The van der Waals surface area contributed by atoms with Gasteiger partial charge >= 0.3 is 0 Å². The molecule has 0 aromatic carbocycles. The molecule has 0 aromatic rings. The maximum Gasteiger partial charge on any atom is 0.220 e. The van der Waals surface area contributed by atoms with Crippen molar-refractivity contribution in [3.8, 4) is 0 Å². The van der Waals surface area contributed by atoms with E-state index in [1.807, 2.05) is 6.08 Å². The van der Waals surface area contributed by atoms with Crippen LogP contribution in [0.3, 0.4) is 0 Å². The molecule has 0 saturated heterocycles. The number of nitrogens with one attached hydrogen (secondary N) is 1. The minimum absolute atomic E-state index is 0.0747. The largest absolute Gasteiger partial charge is 0.394 e. The minimum Gasteiger partial charge on any atom is -0.394 e. The summed E-state index contributed by atoms with van der Waals surface area (Å²) in [5.74, 6) is -0.0747. The van der Waals surface area contributed by atoms with Crippen LogP contribution >= 0.6 is 0 Å². The zero-order valence-electron chi connectivity index (χ0n) is 28.3. The number of hydrogen-bond donors (Lipinski definition) is 3. The number of unbranched alkanes of at least 4 members (excludes halogenated alkanes) is 24. The van der Waals surface area contributed by atoms with E-state index in [2.05, 4.69) is 31.3 Å². The number of aliphatic hydroxyl groups is 2. The van der Waals surface area contributed by atoms with Gasteiger partial charge in [-0.1, -0.05) is 179 Å². The fourth-order valence-corrected chi connectivity index (χ4v) is 5.55. The molecule has 1 amide bonds. The number of rotatable bonds is 33. The number of amides is 1. The highest BCUT2D eigenvalue weighted by Gasteiger charge is 2.17. The Morgan fingerprint density at radius 2 is 0.929 bits per heavy atom. The lowest BCUT2D eigenvalue weighted by atomic mass is 10.0. The topological polar surface area (TPSA) is 69.6 Å². The van der Waals surface area contributed by atoms with Crippen molar-refractivity contribution in [3.05, 3.63) is 24.3 Å². The SMILES string of the molecule is CCCCC/C=C/CC/C=C/C(O)C(CO)NC(=O)CCCCCCCCCCCCCCCCCCCCCCC. The quantitative estimate of drug-likeness (QED) is 0.0525. The molecule has 0 fully saturated rings. The molecule has 0 saturated carbocycles. The van der Waals surface area contributed by atoms with Gasteiger partial charge in [0.05, 0.1) is 18.8 Å². The van der Waals surface area contributed by atoms with Crippen LogP contribution in [-0.4, -0.2) is 34.9 Å². The third-order valence-corrected chi connectivity index (χ3v) is 8.44. The molecule has 0 aliphatic heterocycles. The van der Waals surface area contributed by atoms with Crippen LogP contribution in [-0.2, 0) is 4.79 Å². The van der Waals surface area contributed by atoms with E-state index >= 15 is 0 Å². The van der Waals surface area contributed by atoms with Crippen LogP contribution in [0.4, 0.5) is 0 Å². The summed E-state index contributed by atoms with van der Waals surface area (Å²) in [5.41, 5.74) is 0. The second-order valence-electron chi connectivity index (χ2n) is 12.6. The molecule has 0 heterocycles. The lowest BCUT2D eigenvalue weighted by molar-refractivity contribution is -0.123. The summed E-state index contributed by atoms with van der Waals surface area (Å²) < 4.78 is 0. The Bertz CT molecular complexity index is 603. The van der Waals surface area contributed by atoms with Gasteiger partial charge in [0.25, 0.3) is 0 Å². The third kappa shape index (κ3) is 30.3. The molecule has 0 aliphatic rings. The van der Waals surface area contributed by atoms with E-state index in [-0.39, 0.29) is 12.5 Å². The molecule has 2 unspecified atom stereocenters. The molecule has 0 aromatic heterocycles. The molecule has 3 N–H and O–H groups in total. The van der Waals surface area contributed by atoms with E-state index in [9.17, 15) is 15.0 Å². The highest BCUT2D eigenvalue weighted by molar-refractivity contribution is 5.76. The Hall–Kier alpha value is -1.13. The van der Waals surface area contributed by atoms with Crippen molar-refractivity contribution in [1.82, 2.24) is 5.32 Å². The Kier molecular flexibility index (Phi) is 33.4. The number of allylic oxidation sites excluding steroid dienone is 3. The van der Waals surface area contributed by atoms with Gasteiger partial charge in [0.2, 0.25) is 5.91 Å². The van der Waals surface area contributed by atoms with Gasteiger partial charge in [-0.2, -0.15) is 0 Å². The Balaban J connectivity index is 3.52. The molecule has 42 heavy (non-hydrogen) atoms. The van der Waals surface area contributed by atoms with Crippen molar-refractivity contribution < 1.29 is 15.0 Å². The van der Waals surface area contributed by atoms with E-state index in [4.69, 9.17) is 0 Å². The first-order valence-corrected chi connectivity index (χ1v) is 18.6. The molecule has 0 spiro atoms. The average molecular weight is 592 g/mol. The fourth-order valence-electron chi connectivity index (χ4n) is 5.55. The summed E-state index contributed by atoms with van der Waals surface area (Å²) >= 11 is 0. The summed E-state index contributed by atoms with van der Waals surface area (Å²) in [6, 6.07) is -0.631. The predicted molar refractivity (Wildman–Crippen MR) is 184 cm³/mol. The van der Waals surface area contributed by atoms with Gasteiger partial charge in [-0.05, 0) is 32.1 Å². The zero-order chi connectivity index (χ0) is 30.8. The van der Waals surface area contributed by atoms with Crippen LogP contribution in [0.1, 0.15) is 194 Å². The van der Waals surface area contributed by atoms with E-state index in [0.29, 0.717) is 6.42 Å². The maximum absolute atomic E-state index is 12.3.